The van der Waals surface area contributed by atoms with Gasteiger partial charge in [0.1, 0.15) is 5.75 Å². The van der Waals surface area contributed by atoms with Gasteiger partial charge in [-0.15, -0.1) is 0 Å². The van der Waals surface area contributed by atoms with E-state index in [0.717, 1.165) is 24.9 Å². The lowest BCUT2D eigenvalue weighted by atomic mass is 9.87. The van der Waals surface area contributed by atoms with E-state index in [1.54, 1.807) is 24.3 Å². The number of hydrogen-bond donors (Lipinski definition) is 4. The van der Waals surface area contributed by atoms with E-state index < -0.39 is 12.1 Å². The van der Waals surface area contributed by atoms with Gasteiger partial charge in [-0.2, -0.15) is 0 Å². The zero-order valence-electron chi connectivity index (χ0n) is 13.9. The van der Waals surface area contributed by atoms with Gasteiger partial charge in [0.2, 0.25) is 0 Å². The molecule has 1 atom stereocenters. The number of aromatic hydroxyl groups is 1. The fourth-order valence-electron chi connectivity index (χ4n) is 2.84. The van der Waals surface area contributed by atoms with Gasteiger partial charge in [-0.3, -0.25) is 4.79 Å². The first-order chi connectivity index (χ1) is 11.0. The maximum Gasteiger partial charge on any atom is 0.300 e. The van der Waals surface area contributed by atoms with Crippen LogP contribution in [0.5, 0.6) is 5.75 Å². The zero-order chi connectivity index (χ0) is 17.1. The number of aliphatic hydroxyl groups excluding tert-OH is 1. The van der Waals surface area contributed by atoms with Crippen molar-refractivity contribution in [2.45, 2.75) is 51.6 Å². The average Bonchev–Trinajstić information content (AvgIpc) is 2.52. The van der Waals surface area contributed by atoms with Crippen molar-refractivity contribution in [1.29, 1.82) is 0 Å². The quantitative estimate of drug-likeness (QED) is 0.604. The molecular weight excluding hydrogens is 294 g/mol. The molecule has 1 aliphatic carbocycles. The molecule has 23 heavy (non-hydrogen) atoms. The third kappa shape index (κ3) is 9.21. The first-order valence-electron chi connectivity index (χ1n) is 8.36. The van der Waals surface area contributed by atoms with Crippen LogP contribution in [0, 0.1) is 5.92 Å². The monoisotopic (exact) mass is 323 g/mol. The highest BCUT2D eigenvalue weighted by molar-refractivity contribution is 5.62. The number of phenolic OH excluding ortho intramolecular Hbond substituents is 1. The maximum absolute atomic E-state index is 10.0. The number of benzene rings is 1. The summed E-state index contributed by atoms with van der Waals surface area (Å²) in [5.74, 6) is 0.285. The highest BCUT2D eigenvalue weighted by Gasteiger charge is 2.13. The number of aliphatic carboxylic acids is 1. The standard InChI is InChI=1S/C16H25NO2.C2H4O2/c18-15-8-6-14(7-9-15)16(19)12-17-11-10-13-4-2-1-3-5-13;1-2(3)4/h6-9,13,16-19H,1-5,10-12H2;1H3,(H,3,4). The van der Waals surface area contributed by atoms with Crippen molar-refractivity contribution < 1.29 is 20.1 Å². The molecule has 5 nitrogen and oxygen atoms in total. The molecule has 0 bridgehead atoms. The van der Waals surface area contributed by atoms with E-state index in [1.807, 2.05) is 0 Å². The molecular formula is C18H29NO4. The molecule has 5 heteroatoms. The van der Waals surface area contributed by atoms with Crippen molar-refractivity contribution in [3.05, 3.63) is 29.8 Å². The Morgan fingerprint density at radius 2 is 1.78 bits per heavy atom. The molecule has 1 fully saturated rings. The molecule has 1 saturated carbocycles. The van der Waals surface area contributed by atoms with Crippen LogP contribution in [0.15, 0.2) is 24.3 Å². The summed E-state index contributed by atoms with van der Waals surface area (Å²) in [5, 5.41) is 30.0. The van der Waals surface area contributed by atoms with E-state index in [9.17, 15) is 10.2 Å². The Balaban J connectivity index is 0.000000593. The molecule has 1 aliphatic rings. The summed E-state index contributed by atoms with van der Waals surface area (Å²) in [6, 6.07) is 6.76. The van der Waals surface area contributed by atoms with Gasteiger partial charge in [-0.05, 0) is 36.6 Å². The van der Waals surface area contributed by atoms with Gasteiger partial charge in [0.15, 0.2) is 0 Å². The van der Waals surface area contributed by atoms with Gasteiger partial charge >= 0.3 is 0 Å². The van der Waals surface area contributed by atoms with Crippen molar-refractivity contribution in [1.82, 2.24) is 5.32 Å². The average molecular weight is 323 g/mol. The topological polar surface area (TPSA) is 89.8 Å². The molecule has 0 radical (unpaired) electrons. The van der Waals surface area contributed by atoms with E-state index >= 15 is 0 Å². The van der Waals surface area contributed by atoms with Crippen LogP contribution in [0.4, 0.5) is 0 Å². The normalized spacial score (nSPS) is 16.3. The predicted octanol–water partition coefficient (Wildman–Crippen LogP) is 3.08. The molecule has 2 rings (SSSR count). The second-order valence-corrected chi connectivity index (χ2v) is 6.12. The second-order valence-electron chi connectivity index (χ2n) is 6.12. The van der Waals surface area contributed by atoms with Crippen LogP contribution in [0.1, 0.15) is 57.1 Å². The molecule has 0 saturated heterocycles. The molecule has 1 unspecified atom stereocenters. The number of phenols is 1. The smallest absolute Gasteiger partial charge is 0.300 e. The number of hydrogen-bond acceptors (Lipinski definition) is 4. The fourth-order valence-corrected chi connectivity index (χ4v) is 2.84. The van der Waals surface area contributed by atoms with E-state index in [2.05, 4.69) is 5.32 Å². The number of carbonyl (C=O) groups is 1. The highest BCUT2D eigenvalue weighted by Crippen LogP contribution is 2.25. The van der Waals surface area contributed by atoms with Gasteiger partial charge < -0.3 is 20.6 Å². The van der Waals surface area contributed by atoms with Crippen LogP contribution in [0.25, 0.3) is 0 Å². The van der Waals surface area contributed by atoms with Crippen molar-refractivity contribution in [2.24, 2.45) is 5.92 Å². The van der Waals surface area contributed by atoms with Crippen molar-refractivity contribution in [2.75, 3.05) is 13.1 Å². The van der Waals surface area contributed by atoms with Crippen LogP contribution < -0.4 is 5.32 Å². The molecule has 0 aromatic heterocycles. The number of carboxylic acid groups (broad SMARTS) is 1. The Morgan fingerprint density at radius 1 is 1.22 bits per heavy atom. The summed E-state index contributed by atoms with van der Waals surface area (Å²) in [6.07, 6.45) is 7.67. The third-order valence-corrected chi connectivity index (χ3v) is 4.07. The lowest BCUT2D eigenvalue weighted by molar-refractivity contribution is -0.134. The van der Waals surface area contributed by atoms with Crippen LogP contribution in [-0.4, -0.2) is 34.4 Å². The number of nitrogens with one attached hydrogen (secondary N) is 1. The van der Waals surface area contributed by atoms with E-state index in [-0.39, 0.29) is 5.75 Å². The number of aliphatic hydroxyl groups is 1. The van der Waals surface area contributed by atoms with Crippen LogP contribution in [-0.2, 0) is 4.79 Å². The van der Waals surface area contributed by atoms with Crippen molar-refractivity contribution >= 4 is 5.97 Å². The first kappa shape index (κ1) is 19.5. The zero-order valence-corrected chi connectivity index (χ0v) is 13.9. The molecule has 130 valence electrons. The lowest BCUT2D eigenvalue weighted by Gasteiger charge is -2.21. The van der Waals surface area contributed by atoms with E-state index in [0.29, 0.717) is 6.54 Å². The van der Waals surface area contributed by atoms with E-state index in [1.165, 1.54) is 38.5 Å². The molecule has 0 spiro atoms. The van der Waals surface area contributed by atoms with Gasteiger partial charge in [0.25, 0.3) is 5.97 Å². The summed E-state index contributed by atoms with van der Waals surface area (Å²) in [5.41, 5.74) is 0.850. The first-order valence-corrected chi connectivity index (χ1v) is 8.36. The molecule has 0 aliphatic heterocycles. The SMILES string of the molecule is CC(=O)O.Oc1ccc(C(O)CNCCC2CCCCC2)cc1. The Morgan fingerprint density at radius 3 is 2.35 bits per heavy atom. The number of rotatable bonds is 6. The predicted molar refractivity (Wildman–Crippen MR) is 90.4 cm³/mol. The largest absolute Gasteiger partial charge is 0.508 e. The van der Waals surface area contributed by atoms with Gasteiger partial charge in [-0.25, -0.2) is 0 Å². The summed E-state index contributed by atoms with van der Waals surface area (Å²) >= 11 is 0. The van der Waals surface area contributed by atoms with E-state index in [4.69, 9.17) is 9.90 Å². The minimum absolute atomic E-state index is 0.237. The Bertz CT molecular complexity index is 437. The van der Waals surface area contributed by atoms with Crippen molar-refractivity contribution in [3.63, 3.8) is 0 Å². The third-order valence-electron chi connectivity index (χ3n) is 4.07. The van der Waals surface area contributed by atoms with Gasteiger partial charge in [0, 0.05) is 13.5 Å². The molecule has 0 amide bonds. The lowest BCUT2D eigenvalue weighted by Crippen LogP contribution is -2.24. The van der Waals surface area contributed by atoms with Gasteiger partial charge in [-0.1, -0.05) is 44.2 Å². The number of carboxylic acids is 1. The van der Waals surface area contributed by atoms with Crippen LogP contribution in [0.2, 0.25) is 0 Å². The Hall–Kier alpha value is -1.59. The summed E-state index contributed by atoms with van der Waals surface area (Å²) in [4.78, 5) is 9.00. The van der Waals surface area contributed by atoms with Crippen molar-refractivity contribution in [3.8, 4) is 5.75 Å². The van der Waals surface area contributed by atoms with Crippen LogP contribution in [0.3, 0.4) is 0 Å². The minimum Gasteiger partial charge on any atom is -0.508 e. The summed E-state index contributed by atoms with van der Waals surface area (Å²) in [7, 11) is 0. The summed E-state index contributed by atoms with van der Waals surface area (Å²) < 4.78 is 0. The van der Waals surface area contributed by atoms with Gasteiger partial charge in [0.05, 0.1) is 6.10 Å². The van der Waals surface area contributed by atoms with Crippen LogP contribution >= 0.6 is 0 Å². The fraction of sp³-hybridized carbons (Fsp3) is 0.611. The molecule has 0 heterocycles. The Labute approximate surface area is 138 Å². The molecule has 1 aromatic rings. The molecule has 1 aromatic carbocycles. The summed E-state index contributed by atoms with van der Waals surface area (Å²) in [6.45, 7) is 2.65. The maximum atomic E-state index is 10.0. The minimum atomic E-state index is -0.833. The highest BCUT2D eigenvalue weighted by atomic mass is 16.4. The Kier molecular flexibility index (Phi) is 9.33. The molecule has 4 N–H and O–H groups in total. The second kappa shape index (κ2) is 11.0.